The summed E-state index contributed by atoms with van der Waals surface area (Å²) < 4.78 is 16.1. The fourth-order valence-electron chi connectivity index (χ4n) is 3.98. The number of ether oxygens (including phenoxy) is 3. The summed E-state index contributed by atoms with van der Waals surface area (Å²) in [4.78, 5) is 49.9. The van der Waals surface area contributed by atoms with Gasteiger partial charge in [-0.05, 0) is 57.5 Å². The van der Waals surface area contributed by atoms with Gasteiger partial charge >= 0.3 is 18.0 Å². The third-order valence-corrected chi connectivity index (χ3v) is 5.81. The van der Waals surface area contributed by atoms with Crippen molar-refractivity contribution in [1.82, 2.24) is 5.32 Å². The molecular weight excluding hydrogens is 530 g/mol. The zero-order valence-electron chi connectivity index (χ0n) is 21.8. The molecule has 1 atom stereocenters. The van der Waals surface area contributed by atoms with Crippen LogP contribution in [-0.4, -0.2) is 42.3 Å². The van der Waals surface area contributed by atoms with Crippen LogP contribution < -0.4 is 10.6 Å². The van der Waals surface area contributed by atoms with Crippen molar-refractivity contribution in [2.24, 2.45) is 0 Å². The van der Waals surface area contributed by atoms with Gasteiger partial charge in [0.25, 0.3) is 5.69 Å². The number of nitro benzene ring substituents is 1. The highest BCUT2D eigenvalue weighted by atomic mass is 35.5. The quantitative estimate of drug-likeness (QED) is 0.183. The molecule has 2 aromatic carbocycles. The number of anilines is 1. The predicted molar refractivity (Wildman–Crippen MR) is 143 cm³/mol. The third-order valence-electron chi connectivity index (χ3n) is 5.56. The van der Waals surface area contributed by atoms with Crippen molar-refractivity contribution < 1.29 is 33.5 Å². The number of allylic oxidation sites excluding steroid dienone is 1. The second-order valence-electron chi connectivity index (χ2n) is 8.72. The molecular formula is C27H28ClN3O8. The van der Waals surface area contributed by atoms with Crippen molar-refractivity contribution in [3.8, 4) is 0 Å². The van der Waals surface area contributed by atoms with Crippen LogP contribution in [0.4, 0.5) is 16.2 Å². The Bertz CT molecular complexity index is 1330. The second kappa shape index (κ2) is 12.9. The number of nitrogens with zero attached hydrogens (tertiary/aromatic N) is 1. The number of hydrogen-bond acceptors (Lipinski definition) is 9. The smallest absolute Gasteiger partial charge is 0.412 e. The van der Waals surface area contributed by atoms with Crippen molar-refractivity contribution >= 4 is 41.0 Å². The van der Waals surface area contributed by atoms with E-state index in [-0.39, 0.29) is 34.7 Å². The number of benzene rings is 2. The van der Waals surface area contributed by atoms with Gasteiger partial charge < -0.3 is 19.5 Å². The first-order chi connectivity index (χ1) is 18.5. The molecule has 0 saturated carbocycles. The lowest BCUT2D eigenvalue weighted by Crippen LogP contribution is -2.36. The number of dihydropyridines is 1. The lowest BCUT2D eigenvalue weighted by molar-refractivity contribution is -0.384. The Morgan fingerprint density at radius 1 is 1.08 bits per heavy atom. The molecule has 0 fully saturated rings. The second-order valence-corrected chi connectivity index (χ2v) is 9.16. The van der Waals surface area contributed by atoms with Gasteiger partial charge in [0.1, 0.15) is 6.61 Å². The largest absolute Gasteiger partial charge is 0.463 e. The van der Waals surface area contributed by atoms with Crippen LogP contribution in [0.1, 0.15) is 39.2 Å². The van der Waals surface area contributed by atoms with E-state index in [2.05, 4.69) is 10.6 Å². The van der Waals surface area contributed by atoms with E-state index >= 15 is 0 Å². The van der Waals surface area contributed by atoms with Crippen molar-refractivity contribution in [2.45, 2.75) is 39.7 Å². The number of hydrogen-bond donors (Lipinski definition) is 2. The van der Waals surface area contributed by atoms with Crippen LogP contribution >= 0.6 is 11.6 Å². The Morgan fingerprint density at radius 3 is 2.38 bits per heavy atom. The fourth-order valence-corrected chi connectivity index (χ4v) is 4.11. The Labute approximate surface area is 229 Å². The summed E-state index contributed by atoms with van der Waals surface area (Å²) in [6, 6.07) is 11.9. The van der Waals surface area contributed by atoms with Gasteiger partial charge in [0.15, 0.2) is 0 Å². The van der Waals surface area contributed by atoms with E-state index in [9.17, 15) is 24.5 Å². The molecule has 3 rings (SSSR count). The van der Waals surface area contributed by atoms with E-state index in [1.165, 1.54) is 18.2 Å². The summed E-state index contributed by atoms with van der Waals surface area (Å²) in [7, 11) is 0. The standard InChI is InChI=1S/C27H28ClN3O8/c1-5-37-25(32)24-21(14-38-27(34)30-19-11-9-18(28)10-12-19)29-16(4)22(26(33)39-15(2)3)23(24)17-7-6-8-20(13-17)31(35)36/h6-13,15,23,29H,5,14H2,1-4H3,(H,30,34). The van der Waals surface area contributed by atoms with Crippen LogP contribution in [0.2, 0.25) is 5.02 Å². The first-order valence-corrected chi connectivity index (χ1v) is 12.4. The Balaban J connectivity index is 2.06. The van der Waals surface area contributed by atoms with Crippen molar-refractivity contribution in [3.63, 3.8) is 0 Å². The molecule has 1 amide bonds. The lowest BCUT2D eigenvalue weighted by atomic mass is 9.80. The minimum atomic E-state index is -1.10. The van der Waals surface area contributed by atoms with E-state index in [1.54, 1.807) is 58.0 Å². The molecule has 0 bridgehead atoms. The SMILES string of the molecule is CCOC(=O)C1=C(COC(=O)Nc2ccc(Cl)cc2)NC(C)=C(C(=O)OC(C)C)C1c1cccc([N+](=O)[O-])c1. The summed E-state index contributed by atoms with van der Waals surface area (Å²) in [5.74, 6) is -2.61. The van der Waals surface area contributed by atoms with Gasteiger partial charge in [-0.25, -0.2) is 14.4 Å². The normalized spacial score (nSPS) is 15.0. The van der Waals surface area contributed by atoms with Crippen LogP contribution in [-0.2, 0) is 23.8 Å². The summed E-state index contributed by atoms with van der Waals surface area (Å²) in [6.45, 7) is 6.17. The average Bonchev–Trinajstić information content (AvgIpc) is 2.88. The van der Waals surface area contributed by atoms with Gasteiger partial charge in [-0.1, -0.05) is 23.7 Å². The number of rotatable bonds is 9. The highest BCUT2D eigenvalue weighted by Gasteiger charge is 2.40. The van der Waals surface area contributed by atoms with E-state index < -0.39 is 41.6 Å². The number of carbonyl (C=O) groups is 3. The van der Waals surface area contributed by atoms with Gasteiger partial charge in [0.05, 0.1) is 40.4 Å². The molecule has 1 unspecified atom stereocenters. The molecule has 0 spiro atoms. The lowest BCUT2D eigenvalue weighted by Gasteiger charge is -2.31. The fraction of sp³-hybridized carbons (Fsp3) is 0.296. The molecule has 1 aliphatic heterocycles. The number of amides is 1. The zero-order chi connectivity index (χ0) is 28.7. The van der Waals surface area contributed by atoms with E-state index in [0.717, 1.165) is 0 Å². The minimum absolute atomic E-state index is 0.0175. The topological polar surface area (TPSA) is 146 Å². The van der Waals surface area contributed by atoms with E-state index in [1.807, 2.05) is 0 Å². The van der Waals surface area contributed by atoms with Gasteiger partial charge in [-0.2, -0.15) is 0 Å². The Kier molecular flexibility index (Phi) is 9.67. The molecule has 206 valence electrons. The number of halogens is 1. The molecule has 11 nitrogen and oxygen atoms in total. The van der Waals surface area contributed by atoms with Gasteiger partial charge in [-0.15, -0.1) is 0 Å². The molecule has 39 heavy (non-hydrogen) atoms. The number of nitro groups is 1. The predicted octanol–water partition coefficient (Wildman–Crippen LogP) is 5.23. The van der Waals surface area contributed by atoms with Gasteiger partial charge in [0.2, 0.25) is 0 Å². The Morgan fingerprint density at radius 2 is 1.77 bits per heavy atom. The monoisotopic (exact) mass is 557 g/mol. The van der Waals surface area contributed by atoms with Gasteiger partial charge in [0, 0.05) is 28.5 Å². The van der Waals surface area contributed by atoms with Crippen molar-refractivity contribution in [2.75, 3.05) is 18.5 Å². The van der Waals surface area contributed by atoms with Crippen molar-refractivity contribution in [3.05, 3.63) is 91.8 Å². The molecule has 12 heteroatoms. The number of carbonyl (C=O) groups excluding carboxylic acids is 3. The molecule has 0 aromatic heterocycles. The molecule has 0 aliphatic carbocycles. The summed E-state index contributed by atoms with van der Waals surface area (Å²) in [6.07, 6.45) is -1.28. The maximum absolute atomic E-state index is 13.3. The van der Waals surface area contributed by atoms with Gasteiger partial charge in [-0.3, -0.25) is 15.4 Å². The zero-order valence-corrected chi connectivity index (χ0v) is 22.5. The van der Waals surface area contributed by atoms with Crippen LogP contribution in [0, 0.1) is 10.1 Å². The van der Waals surface area contributed by atoms with Crippen molar-refractivity contribution in [1.29, 1.82) is 0 Å². The molecule has 1 heterocycles. The first kappa shape index (κ1) is 29.2. The number of esters is 2. The number of nitrogens with one attached hydrogen (secondary N) is 2. The molecule has 2 N–H and O–H groups in total. The molecule has 0 saturated heterocycles. The first-order valence-electron chi connectivity index (χ1n) is 12.0. The van der Waals surface area contributed by atoms with Crippen LogP contribution in [0.5, 0.6) is 0 Å². The highest BCUT2D eigenvalue weighted by molar-refractivity contribution is 6.30. The van der Waals surface area contributed by atoms with Crippen LogP contribution in [0.15, 0.2) is 71.1 Å². The van der Waals surface area contributed by atoms with E-state index in [4.69, 9.17) is 25.8 Å². The number of non-ortho nitro benzene ring substituents is 1. The minimum Gasteiger partial charge on any atom is -0.463 e. The summed E-state index contributed by atoms with van der Waals surface area (Å²) >= 11 is 5.87. The van der Waals surface area contributed by atoms with Crippen LogP contribution in [0.25, 0.3) is 0 Å². The summed E-state index contributed by atoms with van der Waals surface area (Å²) in [5.41, 5.74) is 0.983. The summed E-state index contributed by atoms with van der Waals surface area (Å²) in [5, 5.41) is 17.5. The Hall–Kier alpha value is -4.38. The third kappa shape index (κ3) is 7.35. The van der Waals surface area contributed by atoms with Crippen LogP contribution in [0.3, 0.4) is 0 Å². The highest BCUT2D eigenvalue weighted by Crippen LogP contribution is 2.40. The maximum Gasteiger partial charge on any atom is 0.412 e. The average molecular weight is 558 g/mol. The molecule has 2 aromatic rings. The molecule has 0 radical (unpaired) electrons. The maximum atomic E-state index is 13.3. The van der Waals surface area contributed by atoms with E-state index in [0.29, 0.717) is 16.4 Å². The molecule has 1 aliphatic rings.